The standard InChI is InChI=1S/C21H30O3Si/c1-6-11-20(16-15-19-12-8-7-9-13-19)24-21(23-18(2)22)14-10-17-25(3,4)5/h6-9,12-13,20-21H,1,11,14-16H2,2-5H3/t20-,21?/m1/s1. The average molecular weight is 359 g/mol. The largest absolute Gasteiger partial charge is 0.435 e. The molecule has 0 aliphatic rings. The maximum atomic E-state index is 11.4. The van der Waals surface area contributed by atoms with Gasteiger partial charge in [0.25, 0.3) is 0 Å². The number of rotatable bonds is 9. The molecule has 0 radical (unpaired) electrons. The van der Waals surface area contributed by atoms with Crippen LogP contribution >= 0.6 is 0 Å². The Morgan fingerprint density at radius 2 is 1.96 bits per heavy atom. The fraction of sp³-hybridized carbons (Fsp3) is 0.476. The number of esters is 1. The molecule has 0 N–H and O–H groups in total. The Morgan fingerprint density at radius 1 is 1.28 bits per heavy atom. The van der Waals surface area contributed by atoms with E-state index in [2.05, 4.69) is 49.8 Å². The Hall–Kier alpha value is -1.83. The van der Waals surface area contributed by atoms with Crippen LogP contribution in [0.4, 0.5) is 0 Å². The summed E-state index contributed by atoms with van der Waals surface area (Å²) in [5, 5.41) is 0. The third-order valence-corrected chi connectivity index (χ3v) is 4.33. The second-order valence-electron chi connectivity index (χ2n) is 7.10. The molecule has 0 bridgehead atoms. The van der Waals surface area contributed by atoms with Crippen molar-refractivity contribution in [3.8, 4) is 11.5 Å². The summed E-state index contributed by atoms with van der Waals surface area (Å²) in [4.78, 5) is 11.4. The van der Waals surface area contributed by atoms with Crippen LogP contribution in [0.2, 0.25) is 19.6 Å². The first kappa shape index (κ1) is 21.2. The predicted molar refractivity (Wildman–Crippen MR) is 106 cm³/mol. The lowest BCUT2D eigenvalue weighted by Crippen LogP contribution is -2.27. The minimum absolute atomic E-state index is 0.0456. The zero-order valence-electron chi connectivity index (χ0n) is 15.9. The third-order valence-electron chi connectivity index (χ3n) is 3.40. The van der Waals surface area contributed by atoms with Gasteiger partial charge in [0.15, 0.2) is 0 Å². The molecule has 4 heteroatoms. The molecule has 0 spiro atoms. The molecule has 0 saturated heterocycles. The summed E-state index contributed by atoms with van der Waals surface area (Å²) in [5.74, 6) is 2.79. The van der Waals surface area contributed by atoms with Crippen LogP contribution in [0.5, 0.6) is 0 Å². The van der Waals surface area contributed by atoms with Gasteiger partial charge >= 0.3 is 5.97 Å². The highest BCUT2D eigenvalue weighted by atomic mass is 28.3. The van der Waals surface area contributed by atoms with E-state index in [0.29, 0.717) is 12.8 Å². The van der Waals surface area contributed by atoms with Gasteiger partial charge in [-0.05, 0) is 24.8 Å². The van der Waals surface area contributed by atoms with E-state index in [1.54, 1.807) is 0 Å². The quantitative estimate of drug-likeness (QED) is 0.210. The van der Waals surface area contributed by atoms with Crippen LogP contribution in [0.3, 0.4) is 0 Å². The summed E-state index contributed by atoms with van der Waals surface area (Å²) < 4.78 is 11.3. The van der Waals surface area contributed by atoms with Gasteiger partial charge in [0.05, 0.1) is 12.5 Å². The molecule has 1 aromatic rings. The fourth-order valence-electron chi connectivity index (χ4n) is 2.32. The normalized spacial score (nSPS) is 13.3. The number of carbonyl (C=O) groups excluding carboxylic acids is 1. The van der Waals surface area contributed by atoms with Gasteiger partial charge in [0.1, 0.15) is 8.07 Å². The van der Waals surface area contributed by atoms with Crippen molar-refractivity contribution in [1.29, 1.82) is 0 Å². The first-order valence-electron chi connectivity index (χ1n) is 8.77. The lowest BCUT2D eigenvalue weighted by molar-refractivity contribution is -0.186. The highest BCUT2D eigenvalue weighted by molar-refractivity contribution is 6.83. The van der Waals surface area contributed by atoms with E-state index >= 15 is 0 Å². The number of aryl methyl sites for hydroxylation is 1. The Labute approximate surface area is 153 Å². The molecular formula is C21H30O3Si. The van der Waals surface area contributed by atoms with Gasteiger partial charge in [-0.25, -0.2) is 0 Å². The fourth-order valence-corrected chi connectivity index (χ4v) is 2.95. The number of ether oxygens (including phenoxy) is 2. The van der Waals surface area contributed by atoms with Crippen LogP contribution in [0.15, 0.2) is 43.0 Å². The SMILES string of the molecule is C=CC[C@H](CCc1ccccc1)OC(CC#C[Si](C)(C)C)OC(C)=O. The third kappa shape index (κ3) is 10.6. The Kier molecular flexibility index (Phi) is 9.26. The highest BCUT2D eigenvalue weighted by Crippen LogP contribution is 2.15. The second kappa shape index (κ2) is 10.9. The Balaban J connectivity index is 2.68. The molecule has 25 heavy (non-hydrogen) atoms. The van der Waals surface area contributed by atoms with Gasteiger partial charge in [-0.1, -0.05) is 56.0 Å². The summed E-state index contributed by atoms with van der Waals surface area (Å²) in [6, 6.07) is 10.3. The van der Waals surface area contributed by atoms with E-state index in [4.69, 9.17) is 9.47 Å². The van der Waals surface area contributed by atoms with Crippen LogP contribution in [0, 0.1) is 11.5 Å². The minimum atomic E-state index is -1.45. The molecule has 1 aromatic carbocycles. The molecule has 0 aromatic heterocycles. The molecule has 3 nitrogen and oxygen atoms in total. The lowest BCUT2D eigenvalue weighted by atomic mass is 10.0. The maximum absolute atomic E-state index is 11.4. The van der Waals surface area contributed by atoms with Crippen LogP contribution in [-0.2, 0) is 20.7 Å². The predicted octanol–water partition coefficient (Wildman–Crippen LogP) is 4.74. The first-order valence-corrected chi connectivity index (χ1v) is 12.3. The molecule has 1 rings (SSSR count). The van der Waals surface area contributed by atoms with Crippen molar-refractivity contribution in [2.45, 2.75) is 64.6 Å². The number of hydrogen-bond donors (Lipinski definition) is 0. The van der Waals surface area contributed by atoms with Crippen LogP contribution in [0.25, 0.3) is 0 Å². The lowest BCUT2D eigenvalue weighted by Gasteiger charge is -2.23. The summed E-state index contributed by atoms with van der Waals surface area (Å²) >= 11 is 0. The smallest absolute Gasteiger partial charge is 0.304 e. The van der Waals surface area contributed by atoms with E-state index < -0.39 is 14.4 Å². The highest BCUT2D eigenvalue weighted by Gasteiger charge is 2.18. The topological polar surface area (TPSA) is 35.5 Å². The monoisotopic (exact) mass is 358 g/mol. The zero-order chi connectivity index (χ0) is 18.7. The molecule has 1 unspecified atom stereocenters. The molecule has 2 atom stereocenters. The van der Waals surface area contributed by atoms with Gasteiger partial charge in [0, 0.05) is 6.92 Å². The van der Waals surface area contributed by atoms with Gasteiger partial charge < -0.3 is 9.47 Å². The number of carbonyl (C=O) groups is 1. The van der Waals surface area contributed by atoms with Crippen LogP contribution < -0.4 is 0 Å². The minimum Gasteiger partial charge on any atom is -0.435 e. The second-order valence-corrected chi connectivity index (χ2v) is 11.9. The Bertz CT molecular complexity index is 593. The van der Waals surface area contributed by atoms with Crippen LogP contribution in [0.1, 0.15) is 31.7 Å². The molecule has 0 heterocycles. The number of hydrogen-bond acceptors (Lipinski definition) is 3. The van der Waals surface area contributed by atoms with Crippen molar-refractivity contribution in [2.75, 3.05) is 0 Å². The summed E-state index contributed by atoms with van der Waals surface area (Å²) in [6.45, 7) is 11.8. The van der Waals surface area contributed by atoms with Gasteiger partial charge in [-0.15, -0.1) is 18.0 Å². The van der Waals surface area contributed by atoms with E-state index in [1.165, 1.54) is 12.5 Å². The molecule has 0 aliphatic carbocycles. The van der Waals surface area contributed by atoms with Crippen molar-refractivity contribution in [1.82, 2.24) is 0 Å². The van der Waals surface area contributed by atoms with Gasteiger partial charge in [-0.3, -0.25) is 4.79 Å². The van der Waals surface area contributed by atoms with Crippen LogP contribution in [-0.4, -0.2) is 26.4 Å². The van der Waals surface area contributed by atoms with E-state index in [0.717, 1.165) is 12.8 Å². The van der Waals surface area contributed by atoms with Gasteiger partial charge in [-0.2, -0.15) is 0 Å². The maximum Gasteiger partial charge on any atom is 0.304 e. The molecule has 0 amide bonds. The Morgan fingerprint density at radius 3 is 2.52 bits per heavy atom. The first-order chi connectivity index (χ1) is 11.8. The molecular weight excluding hydrogens is 328 g/mol. The van der Waals surface area contributed by atoms with E-state index in [1.807, 2.05) is 24.3 Å². The summed E-state index contributed by atoms with van der Waals surface area (Å²) in [6.07, 6.45) is 4.04. The van der Waals surface area contributed by atoms with E-state index in [9.17, 15) is 4.79 Å². The summed E-state index contributed by atoms with van der Waals surface area (Å²) in [7, 11) is -1.45. The molecule has 0 saturated carbocycles. The van der Waals surface area contributed by atoms with Crippen molar-refractivity contribution >= 4 is 14.0 Å². The van der Waals surface area contributed by atoms with Crippen molar-refractivity contribution < 1.29 is 14.3 Å². The van der Waals surface area contributed by atoms with Crippen molar-refractivity contribution in [2.24, 2.45) is 0 Å². The van der Waals surface area contributed by atoms with Crippen molar-refractivity contribution in [3.05, 3.63) is 48.6 Å². The van der Waals surface area contributed by atoms with Crippen molar-refractivity contribution in [3.63, 3.8) is 0 Å². The number of benzene rings is 1. The zero-order valence-corrected chi connectivity index (χ0v) is 16.9. The average Bonchev–Trinajstić information content (AvgIpc) is 2.52. The summed E-state index contributed by atoms with van der Waals surface area (Å²) in [5.41, 5.74) is 4.55. The molecule has 136 valence electrons. The molecule has 0 fully saturated rings. The van der Waals surface area contributed by atoms with E-state index in [-0.39, 0.29) is 12.1 Å². The molecule has 0 aliphatic heterocycles. The van der Waals surface area contributed by atoms with Gasteiger partial charge in [0.2, 0.25) is 6.29 Å².